The maximum absolute atomic E-state index is 12.6. The molecule has 0 saturated carbocycles. The molecule has 0 saturated heterocycles. The Labute approximate surface area is 118 Å². The zero-order valence-electron chi connectivity index (χ0n) is 9.75. The Hall–Kier alpha value is -1.13. The maximum atomic E-state index is 12.6. The fourth-order valence-electron chi connectivity index (χ4n) is 1.58. The molecule has 2 aromatic rings. The van der Waals surface area contributed by atoms with Gasteiger partial charge in [0.2, 0.25) is 0 Å². The highest BCUT2D eigenvalue weighted by molar-refractivity contribution is 7.99. The van der Waals surface area contributed by atoms with Crippen LogP contribution in [0.3, 0.4) is 0 Å². The molecule has 0 spiro atoms. The van der Waals surface area contributed by atoms with Gasteiger partial charge in [0.1, 0.15) is 0 Å². The lowest BCUT2D eigenvalue weighted by Gasteiger charge is -2.11. The minimum absolute atomic E-state index is 0.0546. The van der Waals surface area contributed by atoms with Gasteiger partial charge in [0.15, 0.2) is 0 Å². The molecule has 19 heavy (non-hydrogen) atoms. The van der Waals surface area contributed by atoms with E-state index in [1.165, 1.54) is 17.8 Å². The summed E-state index contributed by atoms with van der Waals surface area (Å²) in [4.78, 5) is 1.71. The van der Waals surface area contributed by atoms with Crippen molar-refractivity contribution in [1.29, 1.82) is 0 Å². The van der Waals surface area contributed by atoms with Crippen molar-refractivity contribution in [3.8, 4) is 0 Å². The molecule has 0 aliphatic heterocycles. The smallest absolute Gasteiger partial charge is 0.166 e. The highest BCUT2D eigenvalue weighted by Gasteiger charge is 2.30. The van der Waals surface area contributed by atoms with Crippen LogP contribution in [0.5, 0.6) is 0 Å². The largest absolute Gasteiger partial charge is 0.416 e. The summed E-state index contributed by atoms with van der Waals surface area (Å²) < 4.78 is 37.8. The molecule has 100 valence electrons. The van der Waals surface area contributed by atoms with Crippen molar-refractivity contribution in [1.82, 2.24) is 0 Å². The first-order valence-electron chi connectivity index (χ1n) is 5.49. The van der Waals surface area contributed by atoms with Gasteiger partial charge in [0.25, 0.3) is 0 Å². The Kier molecular flexibility index (Phi) is 4.42. The Morgan fingerprint density at radius 2 is 1.68 bits per heavy atom. The number of halogens is 4. The molecular weight excluding hydrogens is 293 g/mol. The predicted octanol–water partition coefficient (Wildman–Crippen LogP) is 5.60. The summed E-state index contributed by atoms with van der Waals surface area (Å²) in [5.41, 5.74) is -0.175. The van der Waals surface area contributed by atoms with Crippen LogP contribution in [0.25, 0.3) is 0 Å². The Bertz CT molecular complexity index is 552. The summed E-state index contributed by atoms with van der Waals surface area (Å²) in [5.74, 6) is 0.0546. The number of benzene rings is 2. The maximum Gasteiger partial charge on any atom is 0.416 e. The zero-order chi connectivity index (χ0) is 13.9. The molecule has 0 amide bonds. The third kappa shape index (κ3) is 3.67. The normalized spacial score (nSPS) is 11.6. The number of hydrogen-bond acceptors (Lipinski definition) is 1. The SMILES string of the molecule is FC(F)(F)c1ccc(Sc2ccccc2)c(CCl)c1. The van der Waals surface area contributed by atoms with Crippen molar-refractivity contribution < 1.29 is 13.2 Å². The van der Waals surface area contributed by atoms with Crippen LogP contribution in [0.2, 0.25) is 0 Å². The average Bonchev–Trinajstić information content (AvgIpc) is 2.39. The van der Waals surface area contributed by atoms with Crippen LogP contribution in [-0.2, 0) is 12.1 Å². The summed E-state index contributed by atoms with van der Waals surface area (Å²) >= 11 is 7.15. The fourth-order valence-corrected chi connectivity index (χ4v) is 2.82. The van der Waals surface area contributed by atoms with Gasteiger partial charge in [-0.1, -0.05) is 30.0 Å². The van der Waals surface area contributed by atoms with Crippen LogP contribution >= 0.6 is 23.4 Å². The molecule has 0 radical (unpaired) electrons. The van der Waals surface area contributed by atoms with Crippen LogP contribution in [0.4, 0.5) is 13.2 Å². The first-order valence-corrected chi connectivity index (χ1v) is 6.85. The molecule has 0 fully saturated rings. The lowest BCUT2D eigenvalue weighted by atomic mass is 10.1. The zero-order valence-corrected chi connectivity index (χ0v) is 11.3. The van der Waals surface area contributed by atoms with E-state index < -0.39 is 11.7 Å². The van der Waals surface area contributed by atoms with E-state index in [0.717, 1.165) is 21.9 Å². The van der Waals surface area contributed by atoms with E-state index in [1.807, 2.05) is 30.3 Å². The van der Waals surface area contributed by atoms with Crippen molar-refractivity contribution in [3.63, 3.8) is 0 Å². The summed E-state index contributed by atoms with van der Waals surface area (Å²) in [5, 5.41) is 0. The van der Waals surface area contributed by atoms with E-state index >= 15 is 0 Å². The van der Waals surface area contributed by atoms with Gasteiger partial charge in [-0.25, -0.2) is 0 Å². The molecule has 0 aliphatic rings. The Morgan fingerprint density at radius 3 is 2.26 bits per heavy atom. The second-order valence-corrected chi connectivity index (χ2v) is 5.25. The van der Waals surface area contributed by atoms with E-state index in [2.05, 4.69) is 0 Å². The van der Waals surface area contributed by atoms with E-state index in [0.29, 0.717) is 5.56 Å². The molecule has 2 aromatic carbocycles. The van der Waals surface area contributed by atoms with Crippen LogP contribution < -0.4 is 0 Å². The molecule has 0 bridgehead atoms. The third-order valence-electron chi connectivity index (χ3n) is 2.50. The van der Waals surface area contributed by atoms with Crippen molar-refractivity contribution in [2.75, 3.05) is 0 Å². The fraction of sp³-hybridized carbons (Fsp3) is 0.143. The van der Waals surface area contributed by atoms with Gasteiger partial charge in [-0.3, -0.25) is 0 Å². The highest BCUT2D eigenvalue weighted by atomic mass is 35.5. The Balaban J connectivity index is 2.32. The molecular formula is C14H10ClF3S. The summed E-state index contributed by atoms with van der Waals surface area (Å²) in [6.45, 7) is 0. The molecule has 0 N–H and O–H groups in total. The van der Waals surface area contributed by atoms with E-state index in [-0.39, 0.29) is 5.88 Å². The predicted molar refractivity (Wildman–Crippen MR) is 71.6 cm³/mol. The molecule has 2 rings (SSSR count). The van der Waals surface area contributed by atoms with E-state index in [9.17, 15) is 13.2 Å². The van der Waals surface area contributed by atoms with E-state index in [1.54, 1.807) is 0 Å². The molecule has 5 heteroatoms. The van der Waals surface area contributed by atoms with E-state index in [4.69, 9.17) is 11.6 Å². The number of hydrogen-bond donors (Lipinski definition) is 0. The number of rotatable bonds is 3. The quantitative estimate of drug-likeness (QED) is 0.665. The lowest BCUT2D eigenvalue weighted by Crippen LogP contribution is -2.05. The topological polar surface area (TPSA) is 0 Å². The van der Waals surface area contributed by atoms with Gasteiger partial charge >= 0.3 is 6.18 Å². The molecule has 0 aromatic heterocycles. The van der Waals surface area contributed by atoms with Crippen LogP contribution in [0.15, 0.2) is 58.3 Å². The van der Waals surface area contributed by atoms with Crippen molar-refractivity contribution >= 4 is 23.4 Å². The molecule has 0 unspecified atom stereocenters. The van der Waals surface area contributed by atoms with Crippen molar-refractivity contribution in [2.45, 2.75) is 21.8 Å². The van der Waals surface area contributed by atoms with Crippen LogP contribution in [0.1, 0.15) is 11.1 Å². The monoisotopic (exact) mass is 302 g/mol. The molecule has 0 atom stereocenters. The second-order valence-electron chi connectivity index (χ2n) is 3.87. The molecule has 0 aliphatic carbocycles. The lowest BCUT2D eigenvalue weighted by molar-refractivity contribution is -0.137. The highest BCUT2D eigenvalue weighted by Crippen LogP contribution is 2.36. The first kappa shape index (κ1) is 14.3. The first-order chi connectivity index (χ1) is 9.00. The molecule has 0 nitrogen and oxygen atoms in total. The van der Waals surface area contributed by atoms with Crippen molar-refractivity contribution in [3.05, 3.63) is 59.7 Å². The summed E-state index contributed by atoms with van der Waals surface area (Å²) in [6.07, 6.45) is -4.34. The standard InChI is InChI=1S/C14H10ClF3S/c15-9-10-8-11(14(16,17)18)6-7-13(10)19-12-4-2-1-3-5-12/h1-8H,9H2. The number of alkyl halides is 4. The molecule has 0 heterocycles. The van der Waals surface area contributed by atoms with Gasteiger partial charge in [0, 0.05) is 15.7 Å². The second kappa shape index (κ2) is 5.88. The minimum Gasteiger partial charge on any atom is -0.166 e. The van der Waals surface area contributed by atoms with Crippen LogP contribution in [-0.4, -0.2) is 0 Å². The van der Waals surface area contributed by atoms with Gasteiger partial charge in [-0.15, -0.1) is 11.6 Å². The average molecular weight is 303 g/mol. The van der Waals surface area contributed by atoms with Crippen molar-refractivity contribution in [2.24, 2.45) is 0 Å². The Morgan fingerprint density at radius 1 is 1.00 bits per heavy atom. The van der Waals surface area contributed by atoms with Gasteiger partial charge in [-0.2, -0.15) is 13.2 Å². The summed E-state index contributed by atoms with van der Waals surface area (Å²) in [6, 6.07) is 13.1. The van der Waals surface area contributed by atoms with Gasteiger partial charge in [0.05, 0.1) is 5.56 Å². The third-order valence-corrected chi connectivity index (χ3v) is 3.92. The van der Waals surface area contributed by atoms with Crippen LogP contribution in [0, 0.1) is 0 Å². The van der Waals surface area contributed by atoms with Gasteiger partial charge < -0.3 is 0 Å². The summed E-state index contributed by atoms with van der Waals surface area (Å²) in [7, 11) is 0. The van der Waals surface area contributed by atoms with Gasteiger partial charge in [-0.05, 0) is 35.9 Å². The minimum atomic E-state index is -4.34.